The van der Waals surface area contributed by atoms with Crippen LogP contribution in [-0.4, -0.2) is 11.7 Å². The molecule has 0 atom stereocenters. The van der Waals surface area contributed by atoms with Crippen LogP contribution in [0.25, 0.3) is 0 Å². The van der Waals surface area contributed by atoms with E-state index in [1.807, 2.05) is 0 Å². The number of aliphatic hydroxyl groups excluding tert-OH is 1. The summed E-state index contributed by atoms with van der Waals surface area (Å²) in [6.07, 6.45) is 0. The molecule has 0 spiro atoms. The van der Waals surface area contributed by atoms with E-state index in [1.54, 1.807) is 36.4 Å². The average Bonchev–Trinajstić information content (AvgIpc) is 2.45. The smallest absolute Gasteiger partial charge is 0.131 e. The first-order chi connectivity index (χ1) is 9.69. The second-order valence-electron chi connectivity index (χ2n) is 4.01. The zero-order valence-electron chi connectivity index (χ0n) is 10.6. The van der Waals surface area contributed by atoms with Gasteiger partial charge in [0, 0.05) is 16.1 Å². The van der Waals surface area contributed by atoms with Crippen molar-refractivity contribution in [1.29, 1.82) is 0 Å². The summed E-state index contributed by atoms with van der Waals surface area (Å²) in [5.74, 6) is 5.57. The monoisotopic (exact) mass is 290 g/mol. The quantitative estimate of drug-likeness (QED) is 0.878. The first-order valence-corrected chi connectivity index (χ1v) is 6.33. The van der Waals surface area contributed by atoms with Crippen molar-refractivity contribution in [2.45, 2.75) is 6.61 Å². The summed E-state index contributed by atoms with van der Waals surface area (Å²) in [5, 5.41) is 8.95. The highest BCUT2D eigenvalue weighted by Crippen LogP contribution is 2.18. The maximum atomic E-state index is 13.6. The molecule has 0 aliphatic rings. The van der Waals surface area contributed by atoms with Crippen molar-refractivity contribution >= 4 is 11.6 Å². The molecule has 0 heterocycles. The number of ether oxygens (including phenoxy) is 1. The van der Waals surface area contributed by atoms with Gasteiger partial charge in [-0.15, -0.1) is 0 Å². The Bertz CT molecular complexity index is 642. The molecule has 0 aliphatic carbocycles. The van der Waals surface area contributed by atoms with Crippen molar-refractivity contribution in [2.24, 2.45) is 0 Å². The Kier molecular flexibility index (Phi) is 5.00. The van der Waals surface area contributed by atoms with Gasteiger partial charge in [0.1, 0.15) is 24.8 Å². The average molecular weight is 291 g/mol. The third-order valence-electron chi connectivity index (χ3n) is 2.58. The summed E-state index contributed by atoms with van der Waals surface area (Å²) in [4.78, 5) is 0. The highest BCUT2D eigenvalue weighted by molar-refractivity contribution is 6.30. The number of aliphatic hydroxyl groups is 1. The lowest BCUT2D eigenvalue weighted by Crippen LogP contribution is -1.98. The summed E-state index contributed by atoms with van der Waals surface area (Å²) >= 11 is 5.68. The van der Waals surface area contributed by atoms with Gasteiger partial charge in [0.25, 0.3) is 0 Å². The molecular weight excluding hydrogens is 279 g/mol. The lowest BCUT2D eigenvalue weighted by atomic mass is 10.2. The Labute approximate surface area is 121 Å². The Morgan fingerprint density at radius 2 is 1.90 bits per heavy atom. The second-order valence-corrected chi connectivity index (χ2v) is 4.45. The molecule has 4 heteroatoms. The fraction of sp³-hybridized carbons (Fsp3) is 0.125. The van der Waals surface area contributed by atoms with E-state index in [2.05, 4.69) is 11.8 Å². The van der Waals surface area contributed by atoms with Crippen molar-refractivity contribution in [3.8, 4) is 17.6 Å². The van der Waals surface area contributed by atoms with Crippen LogP contribution in [-0.2, 0) is 6.61 Å². The summed E-state index contributed by atoms with van der Waals surface area (Å²) in [7, 11) is 0. The molecule has 0 aromatic heterocycles. The standard InChI is InChI=1S/C16H12ClFO2/c17-14-6-5-13(16(18)10-14)11-20-15-7-3-12(4-8-15)2-1-9-19/h3-8,10,19H,9,11H2. The number of hydrogen-bond donors (Lipinski definition) is 1. The molecule has 0 amide bonds. The molecule has 2 nitrogen and oxygen atoms in total. The minimum absolute atomic E-state index is 0.130. The van der Waals surface area contributed by atoms with Crippen molar-refractivity contribution < 1.29 is 14.2 Å². The first-order valence-electron chi connectivity index (χ1n) is 5.95. The summed E-state index contributed by atoms with van der Waals surface area (Å²) in [6.45, 7) is -0.0429. The van der Waals surface area contributed by atoms with Gasteiger partial charge in [0.05, 0.1) is 0 Å². The Hall–Kier alpha value is -2.02. The van der Waals surface area contributed by atoms with E-state index in [4.69, 9.17) is 21.4 Å². The number of rotatable bonds is 3. The SMILES string of the molecule is OCC#Cc1ccc(OCc2ccc(Cl)cc2F)cc1. The molecule has 0 saturated heterocycles. The van der Waals surface area contributed by atoms with Gasteiger partial charge in [0.2, 0.25) is 0 Å². The van der Waals surface area contributed by atoms with Gasteiger partial charge in [0.15, 0.2) is 0 Å². The van der Waals surface area contributed by atoms with Crippen LogP contribution in [0, 0.1) is 17.7 Å². The third-order valence-corrected chi connectivity index (χ3v) is 2.81. The molecule has 102 valence electrons. The Balaban J connectivity index is 2.00. The molecule has 0 radical (unpaired) electrons. The summed E-state index contributed by atoms with van der Waals surface area (Å²) in [6, 6.07) is 11.5. The van der Waals surface area contributed by atoms with E-state index in [0.717, 1.165) is 5.56 Å². The normalized spacial score (nSPS) is 9.75. The van der Waals surface area contributed by atoms with Gasteiger partial charge in [-0.25, -0.2) is 4.39 Å². The summed E-state index contributed by atoms with van der Waals surface area (Å²) in [5.41, 5.74) is 1.22. The molecule has 0 aliphatic heterocycles. The van der Waals surface area contributed by atoms with Crippen LogP contribution in [0.2, 0.25) is 5.02 Å². The van der Waals surface area contributed by atoms with Crippen LogP contribution in [0.3, 0.4) is 0 Å². The predicted octanol–water partition coefficient (Wildman–Crippen LogP) is 3.40. The van der Waals surface area contributed by atoms with Crippen LogP contribution in [0.4, 0.5) is 4.39 Å². The number of benzene rings is 2. The van der Waals surface area contributed by atoms with Crippen molar-refractivity contribution in [2.75, 3.05) is 6.61 Å². The highest BCUT2D eigenvalue weighted by Gasteiger charge is 2.03. The van der Waals surface area contributed by atoms with Crippen LogP contribution >= 0.6 is 11.6 Å². The molecule has 0 unspecified atom stereocenters. The van der Waals surface area contributed by atoms with Gasteiger partial charge in [-0.2, -0.15) is 0 Å². The molecule has 1 N–H and O–H groups in total. The topological polar surface area (TPSA) is 29.5 Å². The molecule has 0 saturated carbocycles. The van der Waals surface area contributed by atoms with Crippen LogP contribution in [0.1, 0.15) is 11.1 Å². The minimum Gasteiger partial charge on any atom is -0.489 e. The van der Waals surface area contributed by atoms with E-state index < -0.39 is 0 Å². The minimum atomic E-state index is -0.386. The zero-order chi connectivity index (χ0) is 14.4. The lowest BCUT2D eigenvalue weighted by Gasteiger charge is -2.07. The number of hydrogen-bond acceptors (Lipinski definition) is 2. The fourth-order valence-corrected chi connectivity index (χ4v) is 1.73. The van der Waals surface area contributed by atoms with Crippen molar-refractivity contribution in [1.82, 2.24) is 0 Å². The Morgan fingerprint density at radius 3 is 2.55 bits per heavy atom. The van der Waals surface area contributed by atoms with E-state index in [-0.39, 0.29) is 19.0 Å². The first kappa shape index (κ1) is 14.4. The highest BCUT2D eigenvalue weighted by atomic mass is 35.5. The van der Waals surface area contributed by atoms with Gasteiger partial charge >= 0.3 is 0 Å². The van der Waals surface area contributed by atoms with Crippen LogP contribution in [0.15, 0.2) is 42.5 Å². The van der Waals surface area contributed by atoms with Crippen molar-refractivity contribution in [3.05, 3.63) is 64.4 Å². The predicted molar refractivity (Wildman–Crippen MR) is 76.1 cm³/mol. The third kappa shape index (κ3) is 3.99. The van der Waals surface area contributed by atoms with Crippen LogP contribution in [0.5, 0.6) is 5.75 Å². The molecule has 2 aromatic carbocycles. The van der Waals surface area contributed by atoms with E-state index >= 15 is 0 Å². The molecule has 2 aromatic rings. The number of halogens is 2. The zero-order valence-corrected chi connectivity index (χ0v) is 11.3. The summed E-state index contributed by atoms with van der Waals surface area (Å²) < 4.78 is 19.0. The maximum absolute atomic E-state index is 13.6. The van der Waals surface area contributed by atoms with E-state index in [0.29, 0.717) is 16.3 Å². The maximum Gasteiger partial charge on any atom is 0.131 e. The van der Waals surface area contributed by atoms with E-state index in [9.17, 15) is 4.39 Å². The molecule has 0 bridgehead atoms. The molecular formula is C16H12ClFO2. The van der Waals surface area contributed by atoms with Gasteiger partial charge in [-0.1, -0.05) is 29.5 Å². The van der Waals surface area contributed by atoms with Gasteiger partial charge in [-0.3, -0.25) is 0 Å². The van der Waals surface area contributed by atoms with Gasteiger partial charge in [-0.05, 0) is 36.4 Å². The fourth-order valence-electron chi connectivity index (χ4n) is 1.58. The lowest BCUT2D eigenvalue weighted by molar-refractivity contribution is 0.300. The van der Waals surface area contributed by atoms with E-state index in [1.165, 1.54) is 6.07 Å². The largest absolute Gasteiger partial charge is 0.489 e. The van der Waals surface area contributed by atoms with Crippen LogP contribution < -0.4 is 4.74 Å². The molecule has 0 fully saturated rings. The van der Waals surface area contributed by atoms with Gasteiger partial charge < -0.3 is 9.84 Å². The Morgan fingerprint density at radius 1 is 1.15 bits per heavy atom. The molecule has 2 rings (SSSR count). The molecule has 20 heavy (non-hydrogen) atoms. The second kappa shape index (κ2) is 6.95. The van der Waals surface area contributed by atoms with Crippen molar-refractivity contribution in [3.63, 3.8) is 0 Å².